The molecule has 2 N–H and O–H groups in total. The van der Waals surface area contributed by atoms with Crippen LogP contribution in [-0.2, 0) is 10.2 Å². The highest BCUT2D eigenvalue weighted by atomic mass is 32.1. The lowest BCUT2D eigenvalue weighted by molar-refractivity contribution is 0.0521. The molecule has 0 radical (unpaired) electrons. The number of thiophene rings is 1. The van der Waals surface area contributed by atoms with Gasteiger partial charge in [-0.25, -0.2) is 4.79 Å². The van der Waals surface area contributed by atoms with E-state index in [2.05, 4.69) is 28.1 Å². The SMILES string of the molecule is COc1cccc(NC(=O)NCC2(c3cccs3)CCOCC2)c1. The maximum Gasteiger partial charge on any atom is 0.319 e. The van der Waals surface area contributed by atoms with Gasteiger partial charge in [-0.1, -0.05) is 12.1 Å². The molecule has 3 rings (SSSR count). The van der Waals surface area contributed by atoms with Crippen molar-refractivity contribution in [3.05, 3.63) is 46.7 Å². The Morgan fingerprint density at radius 1 is 1.29 bits per heavy atom. The number of methoxy groups -OCH3 is 1. The number of nitrogens with one attached hydrogen (secondary N) is 2. The van der Waals surface area contributed by atoms with Crippen LogP contribution in [0.2, 0.25) is 0 Å². The maximum absolute atomic E-state index is 12.3. The van der Waals surface area contributed by atoms with Crippen molar-refractivity contribution in [2.75, 3.05) is 32.2 Å². The molecule has 0 saturated carbocycles. The van der Waals surface area contributed by atoms with Crippen LogP contribution in [-0.4, -0.2) is 32.9 Å². The zero-order valence-corrected chi connectivity index (χ0v) is 14.5. The van der Waals surface area contributed by atoms with Crippen LogP contribution >= 0.6 is 11.3 Å². The van der Waals surface area contributed by atoms with Crippen molar-refractivity contribution >= 4 is 23.1 Å². The lowest BCUT2D eigenvalue weighted by atomic mass is 9.78. The fourth-order valence-electron chi connectivity index (χ4n) is 2.98. The molecule has 1 aliphatic rings. The van der Waals surface area contributed by atoms with E-state index in [4.69, 9.17) is 9.47 Å². The molecule has 0 bridgehead atoms. The van der Waals surface area contributed by atoms with Gasteiger partial charge in [0.1, 0.15) is 5.75 Å². The Hall–Kier alpha value is -2.05. The summed E-state index contributed by atoms with van der Waals surface area (Å²) in [5.74, 6) is 0.715. The summed E-state index contributed by atoms with van der Waals surface area (Å²) >= 11 is 1.75. The number of anilines is 1. The average Bonchev–Trinajstić information content (AvgIpc) is 3.16. The number of carbonyl (C=O) groups excluding carboxylic acids is 1. The molecule has 1 saturated heterocycles. The van der Waals surface area contributed by atoms with Crippen LogP contribution < -0.4 is 15.4 Å². The first-order valence-corrected chi connectivity index (χ1v) is 8.90. The van der Waals surface area contributed by atoms with Crippen LogP contribution in [0.1, 0.15) is 17.7 Å². The number of urea groups is 1. The molecule has 128 valence electrons. The highest BCUT2D eigenvalue weighted by molar-refractivity contribution is 7.10. The molecule has 2 heterocycles. The number of benzene rings is 1. The number of hydrogen-bond acceptors (Lipinski definition) is 4. The third-order valence-corrected chi connectivity index (χ3v) is 5.52. The molecule has 0 spiro atoms. The lowest BCUT2D eigenvalue weighted by Crippen LogP contribution is -2.45. The Labute approximate surface area is 146 Å². The number of hydrogen-bond donors (Lipinski definition) is 2. The van der Waals surface area contributed by atoms with E-state index in [0.717, 1.165) is 26.1 Å². The molecule has 24 heavy (non-hydrogen) atoms. The van der Waals surface area contributed by atoms with Crippen molar-refractivity contribution in [3.8, 4) is 5.75 Å². The van der Waals surface area contributed by atoms with E-state index in [1.807, 2.05) is 18.2 Å². The monoisotopic (exact) mass is 346 g/mol. The largest absolute Gasteiger partial charge is 0.497 e. The molecule has 1 fully saturated rings. The predicted octanol–water partition coefficient (Wildman–Crippen LogP) is 3.63. The maximum atomic E-state index is 12.3. The predicted molar refractivity (Wildman–Crippen MR) is 96.1 cm³/mol. The first-order valence-electron chi connectivity index (χ1n) is 8.02. The minimum absolute atomic E-state index is 0.0296. The van der Waals surface area contributed by atoms with Crippen molar-refractivity contribution in [2.45, 2.75) is 18.3 Å². The van der Waals surface area contributed by atoms with E-state index >= 15 is 0 Å². The van der Waals surface area contributed by atoms with E-state index in [1.54, 1.807) is 24.5 Å². The third kappa shape index (κ3) is 3.88. The molecular weight excluding hydrogens is 324 g/mol. The Morgan fingerprint density at radius 3 is 2.83 bits per heavy atom. The molecule has 2 aromatic rings. The van der Waals surface area contributed by atoms with Gasteiger partial charge in [-0.05, 0) is 36.4 Å². The smallest absolute Gasteiger partial charge is 0.319 e. The first-order chi connectivity index (χ1) is 11.7. The van der Waals surface area contributed by atoms with Crippen LogP contribution in [0.3, 0.4) is 0 Å². The topological polar surface area (TPSA) is 59.6 Å². The molecule has 0 aliphatic carbocycles. The fourth-order valence-corrected chi connectivity index (χ4v) is 3.97. The highest BCUT2D eigenvalue weighted by Gasteiger charge is 2.35. The second-order valence-electron chi connectivity index (χ2n) is 5.91. The van der Waals surface area contributed by atoms with Gasteiger partial charge in [0, 0.05) is 41.8 Å². The van der Waals surface area contributed by atoms with Gasteiger partial charge < -0.3 is 20.1 Å². The summed E-state index contributed by atoms with van der Waals surface area (Å²) < 4.78 is 10.7. The summed E-state index contributed by atoms with van der Waals surface area (Å²) in [4.78, 5) is 13.6. The number of carbonyl (C=O) groups is 1. The lowest BCUT2D eigenvalue weighted by Gasteiger charge is -2.36. The highest BCUT2D eigenvalue weighted by Crippen LogP contribution is 2.37. The number of amides is 2. The molecule has 0 unspecified atom stereocenters. The van der Waals surface area contributed by atoms with Crippen molar-refractivity contribution in [1.29, 1.82) is 0 Å². The second kappa shape index (κ2) is 7.68. The van der Waals surface area contributed by atoms with Gasteiger partial charge in [-0.3, -0.25) is 0 Å². The minimum atomic E-state index is -0.203. The molecule has 0 atom stereocenters. The Balaban J connectivity index is 1.63. The summed E-state index contributed by atoms with van der Waals surface area (Å²) in [5.41, 5.74) is 0.682. The molecule has 5 nitrogen and oxygen atoms in total. The zero-order valence-electron chi connectivity index (χ0n) is 13.7. The van der Waals surface area contributed by atoms with Crippen molar-refractivity contribution in [1.82, 2.24) is 5.32 Å². The molecular formula is C18H22N2O3S. The Bertz CT molecular complexity index is 667. The van der Waals surface area contributed by atoms with Gasteiger partial charge in [0.2, 0.25) is 0 Å². The Kier molecular flexibility index (Phi) is 5.37. The van der Waals surface area contributed by atoms with Gasteiger partial charge in [0.25, 0.3) is 0 Å². The van der Waals surface area contributed by atoms with Crippen molar-refractivity contribution < 1.29 is 14.3 Å². The normalized spacial score (nSPS) is 16.4. The molecule has 1 aromatic heterocycles. The van der Waals surface area contributed by atoms with Crippen LogP contribution in [0.4, 0.5) is 10.5 Å². The summed E-state index contributed by atoms with van der Waals surface area (Å²) in [7, 11) is 1.61. The number of ether oxygens (including phenoxy) is 2. The molecule has 2 amide bonds. The van der Waals surface area contributed by atoms with Crippen LogP contribution in [0.5, 0.6) is 5.75 Å². The van der Waals surface area contributed by atoms with Crippen LogP contribution in [0.25, 0.3) is 0 Å². The summed E-state index contributed by atoms with van der Waals surface area (Å²) in [6.45, 7) is 2.07. The molecule has 6 heteroatoms. The summed E-state index contributed by atoms with van der Waals surface area (Å²) in [6, 6.07) is 11.3. The Morgan fingerprint density at radius 2 is 2.12 bits per heavy atom. The van der Waals surface area contributed by atoms with E-state index < -0.39 is 0 Å². The van der Waals surface area contributed by atoms with E-state index in [1.165, 1.54) is 4.88 Å². The van der Waals surface area contributed by atoms with E-state index in [9.17, 15) is 4.79 Å². The molecule has 1 aromatic carbocycles. The van der Waals surface area contributed by atoms with Gasteiger partial charge in [0.15, 0.2) is 0 Å². The number of rotatable bonds is 5. The summed E-state index contributed by atoms with van der Waals surface area (Å²) in [5, 5.41) is 7.97. The van der Waals surface area contributed by atoms with Gasteiger partial charge in [0.05, 0.1) is 7.11 Å². The zero-order chi connectivity index (χ0) is 16.8. The van der Waals surface area contributed by atoms with E-state index in [-0.39, 0.29) is 11.4 Å². The summed E-state index contributed by atoms with van der Waals surface area (Å²) in [6.07, 6.45) is 1.85. The quantitative estimate of drug-likeness (QED) is 0.869. The minimum Gasteiger partial charge on any atom is -0.497 e. The van der Waals surface area contributed by atoms with Crippen LogP contribution in [0.15, 0.2) is 41.8 Å². The third-order valence-electron chi connectivity index (χ3n) is 4.41. The first kappa shape index (κ1) is 16.8. The van der Waals surface area contributed by atoms with Crippen LogP contribution in [0, 0.1) is 0 Å². The van der Waals surface area contributed by atoms with E-state index in [0.29, 0.717) is 18.0 Å². The standard InChI is InChI=1S/C18H22N2O3S/c1-22-15-5-2-4-14(12-15)20-17(21)19-13-18(7-9-23-10-8-18)16-6-3-11-24-16/h2-6,11-12H,7-10,13H2,1H3,(H2,19,20,21). The van der Waals surface area contributed by atoms with Gasteiger partial charge in [-0.15, -0.1) is 11.3 Å². The molecule has 1 aliphatic heterocycles. The van der Waals surface area contributed by atoms with Gasteiger partial charge >= 0.3 is 6.03 Å². The van der Waals surface area contributed by atoms with Gasteiger partial charge in [-0.2, -0.15) is 0 Å². The average molecular weight is 346 g/mol. The van der Waals surface area contributed by atoms with Crippen molar-refractivity contribution in [3.63, 3.8) is 0 Å². The second-order valence-corrected chi connectivity index (χ2v) is 6.86. The van der Waals surface area contributed by atoms with Crippen molar-refractivity contribution in [2.24, 2.45) is 0 Å². The fraction of sp³-hybridized carbons (Fsp3) is 0.389.